The number of rotatable bonds is 6. The highest BCUT2D eigenvalue weighted by Crippen LogP contribution is 2.14. The Morgan fingerprint density at radius 2 is 2.46 bits per heavy atom. The molecule has 2 aromatic heterocycles. The van der Waals surface area contributed by atoms with Crippen LogP contribution in [0.15, 0.2) is 22.5 Å². The fourth-order valence-electron chi connectivity index (χ4n) is 2.74. The maximum Gasteiger partial charge on any atom is 0.191 e. The molecule has 0 aliphatic carbocycles. The van der Waals surface area contributed by atoms with Crippen LogP contribution in [-0.2, 0) is 30.9 Å². The van der Waals surface area contributed by atoms with E-state index in [0.29, 0.717) is 19.2 Å². The summed E-state index contributed by atoms with van der Waals surface area (Å²) in [6.45, 7) is 4.88. The van der Waals surface area contributed by atoms with Gasteiger partial charge in [-0.2, -0.15) is 5.10 Å². The Bertz CT molecular complexity index is 666. The molecule has 7 nitrogen and oxygen atoms in total. The monoisotopic (exact) mass is 348 g/mol. The van der Waals surface area contributed by atoms with Gasteiger partial charge in [-0.25, -0.2) is 14.7 Å². The molecule has 0 saturated heterocycles. The van der Waals surface area contributed by atoms with E-state index in [2.05, 4.69) is 50.1 Å². The number of fused-ring (bicyclic) bond motifs is 1. The van der Waals surface area contributed by atoms with E-state index in [1.54, 1.807) is 18.4 Å². The second kappa shape index (κ2) is 8.25. The van der Waals surface area contributed by atoms with Gasteiger partial charge in [0.05, 0.1) is 13.1 Å². The quantitative estimate of drug-likeness (QED) is 0.612. The van der Waals surface area contributed by atoms with E-state index >= 15 is 0 Å². The van der Waals surface area contributed by atoms with Crippen LogP contribution in [0.2, 0.25) is 0 Å². The van der Waals surface area contributed by atoms with Gasteiger partial charge in [0.2, 0.25) is 0 Å². The zero-order valence-corrected chi connectivity index (χ0v) is 15.0. The van der Waals surface area contributed by atoms with E-state index in [-0.39, 0.29) is 0 Å². The first-order valence-electron chi connectivity index (χ1n) is 8.27. The van der Waals surface area contributed by atoms with Crippen LogP contribution in [0.5, 0.6) is 0 Å². The standard InChI is InChI=1S/C16H24N6OS/c1-3-17-16(18-9-13-5-4-8-24-13)19-12-6-7-15-20-14(11-23-2)21-22(15)10-12/h4-5,8,12H,3,6-7,9-11H2,1-2H3,(H2,17,18,19). The Hall–Kier alpha value is -1.93. The summed E-state index contributed by atoms with van der Waals surface area (Å²) in [4.78, 5) is 10.5. The topological polar surface area (TPSA) is 76.4 Å². The molecule has 0 saturated carbocycles. The molecule has 0 amide bonds. The molecule has 130 valence electrons. The largest absolute Gasteiger partial charge is 0.377 e. The van der Waals surface area contributed by atoms with Crippen molar-refractivity contribution in [2.45, 2.75) is 45.5 Å². The zero-order chi connectivity index (χ0) is 16.8. The number of ether oxygens (including phenoxy) is 1. The lowest BCUT2D eigenvalue weighted by Gasteiger charge is -2.25. The molecule has 1 unspecified atom stereocenters. The lowest BCUT2D eigenvalue weighted by molar-refractivity contribution is 0.177. The van der Waals surface area contributed by atoms with Crippen LogP contribution in [0, 0.1) is 0 Å². The van der Waals surface area contributed by atoms with Crippen molar-refractivity contribution >= 4 is 17.3 Å². The minimum atomic E-state index is 0.302. The first-order valence-corrected chi connectivity index (χ1v) is 9.15. The van der Waals surface area contributed by atoms with Crippen molar-refractivity contribution in [3.63, 3.8) is 0 Å². The lowest BCUT2D eigenvalue weighted by atomic mass is 10.1. The zero-order valence-electron chi connectivity index (χ0n) is 14.2. The number of methoxy groups -OCH3 is 1. The fourth-order valence-corrected chi connectivity index (χ4v) is 3.37. The van der Waals surface area contributed by atoms with Crippen LogP contribution in [0.4, 0.5) is 0 Å². The Kier molecular flexibility index (Phi) is 5.81. The van der Waals surface area contributed by atoms with Crippen LogP contribution in [0.1, 0.15) is 29.9 Å². The number of aryl methyl sites for hydroxylation is 1. The van der Waals surface area contributed by atoms with Gasteiger partial charge in [-0.3, -0.25) is 0 Å². The third-order valence-electron chi connectivity index (χ3n) is 3.83. The van der Waals surface area contributed by atoms with Gasteiger partial charge in [0.25, 0.3) is 0 Å². The summed E-state index contributed by atoms with van der Waals surface area (Å²) in [6, 6.07) is 4.47. The lowest BCUT2D eigenvalue weighted by Crippen LogP contribution is -2.47. The van der Waals surface area contributed by atoms with E-state index in [1.165, 1.54) is 4.88 Å². The number of aliphatic imine (C=N–C) groups is 1. The summed E-state index contributed by atoms with van der Waals surface area (Å²) in [5.41, 5.74) is 0. The van der Waals surface area contributed by atoms with Crippen LogP contribution >= 0.6 is 11.3 Å². The van der Waals surface area contributed by atoms with E-state index in [4.69, 9.17) is 4.74 Å². The van der Waals surface area contributed by atoms with E-state index < -0.39 is 0 Å². The van der Waals surface area contributed by atoms with Gasteiger partial charge < -0.3 is 15.4 Å². The molecule has 8 heteroatoms. The van der Waals surface area contributed by atoms with Gasteiger partial charge in [-0.1, -0.05) is 6.07 Å². The van der Waals surface area contributed by atoms with Gasteiger partial charge in [0.15, 0.2) is 11.8 Å². The number of thiophene rings is 1. The summed E-state index contributed by atoms with van der Waals surface area (Å²) >= 11 is 1.73. The fraction of sp³-hybridized carbons (Fsp3) is 0.562. The molecule has 24 heavy (non-hydrogen) atoms. The minimum absolute atomic E-state index is 0.302. The van der Waals surface area contributed by atoms with Crippen molar-refractivity contribution in [2.24, 2.45) is 4.99 Å². The number of aromatic nitrogens is 3. The highest BCUT2D eigenvalue weighted by atomic mass is 32.1. The summed E-state index contributed by atoms with van der Waals surface area (Å²) in [6.07, 6.45) is 1.94. The summed E-state index contributed by atoms with van der Waals surface area (Å²) in [5.74, 6) is 2.66. The van der Waals surface area contributed by atoms with Crippen molar-refractivity contribution in [3.05, 3.63) is 34.0 Å². The van der Waals surface area contributed by atoms with Crippen LogP contribution in [0.3, 0.4) is 0 Å². The molecule has 0 spiro atoms. The predicted octanol–water partition coefficient (Wildman–Crippen LogP) is 1.56. The van der Waals surface area contributed by atoms with Gasteiger partial charge in [-0.05, 0) is 24.8 Å². The Labute approximate surface area is 146 Å². The number of hydrogen-bond acceptors (Lipinski definition) is 5. The smallest absolute Gasteiger partial charge is 0.191 e. The second-order valence-electron chi connectivity index (χ2n) is 5.71. The van der Waals surface area contributed by atoms with Crippen LogP contribution < -0.4 is 10.6 Å². The van der Waals surface area contributed by atoms with E-state index in [0.717, 1.165) is 43.5 Å². The van der Waals surface area contributed by atoms with E-state index in [1.807, 2.05) is 4.68 Å². The average molecular weight is 348 g/mol. The molecular formula is C16H24N6OS. The van der Waals surface area contributed by atoms with E-state index in [9.17, 15) is 0 Å². The second-order valence-corrected chi connectivity index (χ2v) is 6.75. The Morgan fingerprint density at radius 1 is 1.54 bits per heavy atom. The number of hydrogen-bond donors (Lipinski definition) is 2. The van der Waals surface area contributed by atoms with Gasteiger partial charge >= 0.3 is 0 Å². The highest BCUT2D eigenvalue weighted by molar-refractivity contribution is 7.09. The third-order valence-corrected chi connectivity index (χ3v) is 4.69. The normalized spacial score (nSPS) is 17.6. The molecular weight excluding hydrogens is 324 g/mol. The molecule has 0 fully saturated rings. The van der Waals surface area contributed by atoms with Crippen molar-refractivity contribution in [3.8, 4) is 0 Å². The van der Waals surface area contributed by atoms with Crippen molar-refractivity contribution in [2.75, 3.05) is 13.7 Å². The molecule has 0 bridgehead atoms. The highest BCUT2D eigenvalue weighted by Gasteiger charge is 2.22. The number of nitrogens with one attached hydrogen (secondary N) is 2. The molecule has 2 N–H and O–H groups in total. The molecule has 0 aromatic carbocycles. The first-order chi connectivity index (χ1) is 11.8. The summed E-state index contributed by atoms with van der Waals surface area (Å²) in [7, 11) is 1.66. The molecule has 1 aliphatic rings. The van der Waals surface area contributed by atoms with Crippen LogP contribution in [0.25, 0.3) is 0 Å². The Balaban J connectivity index is 1.61. The van der Waals surface area contributed by atoms with Gasteiger partial charge in [0, 0.05) is 31.0 Å². The average Bonchev–Trinajstić information content (AvgIpc) is 3.21. The first kappa shape index (κ1) is 16.9. The maximum absolute atomic E-state index is 5.11. The van der Waals surface area contributed by atoms with Crippen molar-refractivity contribution in [1.29, 1.82) is 0 Å². The summed E-state index contributed by atoms with van der Waals surface area (Å²) < 4.78 is 7.10. The van der Waals surface area contributed by atoms with Crippen molar-refractivity contribution in [1.82, 2.24) is 25.4 Å². The molecule has 0 radical (unpaired) electrons. The number of guanidine groups is 1. The Morgan fingerprint density at radius 3 is 3.21 bits per heavy atom. The molecule has 2 aromatic rings. The maximum atomic E-state index is 5.11. The van der Waals surface area contributed by atoms with Gasteiger partial charge in [-0.15, -0.1) is 11.3 Å². The number of nitrogens with zero attached hydrogens (tertiary/aromatic N) is 4. The molecule has 1 aliphatic heterocycles. The van der Waals surface area contributed by atoms with Gasteiger partial charge in [0.1, 0.15) is 12.4 Å². The third kappa shape index (κ3) is 4.33. The SMILES string of the molecule is CCNC(=NCc1cccs1)NC1CCc2nc(COC)nn2C1. The molecule has 1 atom stereocenters. The molecule has 3 heterocycles. The predicted molar refractivity (Wildman–Crippen MR) is 95.1 cm³/mol. The summed E-state index contributed by atoms with van der Waals surface area (Å²) in [5, 5.41) is 13.4. The molecule has 3 rings (SSSR count). The minimum Gasteiger partial charge on any atom is -0.377 e. The van der Waals surface area contributed by atoms with Crippen molar-refractivity contribution < 1.29 is 4.74 Å². The van der Waals surface area contributed by atoms with Crippen LogP contribution in [-0.4, -0.2) is 40.4 Å².